The molecule has 1 saturated heterocycles. The summed E-state index contributed by atoms with van der Waals surface area (Å²) in [7, 11) is 0. The lowest BCUT2D eigenvalue weighted by Gasteiger charge is -2.41. The van der Waals surface area contributed by atoms with Gasteiger partial charge in [0.15, 0.2) is 0 Å². The largest absolute Gasteiger partial charge is 0.481 e. The van der Waals surface area contributed by atoms with Gasteiger partial charge in [-0.25, -0.2) is 0 Å². The van der Waals surface area contributed by atoms with Crippen LogP contribution in [0, 0.1) is 5.41 Å². The second-order valence-corrected chi connectivity index (χ2v) is 4.65. The lowest BCUT2D eigenvalue weighted by atomic mass is 9.77. The van der Waals surface area contributed by atoms with Crippen LogP contribution in [0.5, 0.6) is 0 Å². The lowest BCUT2D eigenvalue weighted by Crippen LogP contribution is -2.48. The number of nitrogens with zero attached hydrogens (tertiary/aromatic N) is 1. The zero-order valence-corrected chi connectivity index (χ0v) is 9.54. The maximum atomic E-state index is 10.8. The molecule has 0 aliphatic carbocycles. The van der Waals surface area contributed by atoms with Crippen molar-refractivity contribution in [2.45, 2.75) is 32.6 Å². The second kappa shape index (κ2) is 5.47. The van der Waals surface area contributed by atoms with Crippen LogP contribution in [0.1, 0.15) is 32.6 Å². The Morgan fingerprint density at radius 3 is 2.87 bits per heavy atom. The maximum Gasteiger partial charge on any atom is 0.304 e. The molecule has 4 heteroatoms. The third-order valence-corrected chi connectivity index (χ3v) is 3.24. The number of hydrogen-bond acceptors (Lipinski definition) is 3. The maximum absolute atomic E-state index is 10.8. The molecule has 1 aliphatic heterocycles. The standard InChI is InChI=1S/C11H22N2O2/c1-2-5-13-6-3-4-11(8-12,9-13)7-10(14)15/h2-9,12H2,1H3,(H,14,15). The molecule has 88 valence electrons. The van der Waals surface area contributed by atoms with Crippen LogP contribution in [-0.2, 0) is 4.79 Å². The fourth-order valence-electron chi connectivity index (χ4n) is 2.52. The Kier molecular flexibility index (Phi) is 4.54. The van der Waals surface area contributed by atoms with Gasteiger partial charge >= 0.3 is 5.97 Å². The molecule has 1 fully saturated rings. The predicted molar refractivity (Wildman–Crippen MR) is 59.7 cm³/mol. The first kappa shape index (κ1) is 12.5. The molecule has 0 aromatic heterocycles. The van der Waals surface area contributed by atoms with Gasteiger partial charge in [-0.05, 0) is 38.9 Å². The number of nitrogens with two attached hydrogens (primary N) is 1. The molecule has 0 aromatic rings. The highest BCUT2D eigenvalue weighted by Crippen LogP contribution is 2.32. The topological polar surface area (TPSA) is 66.6 Å². The van der Waals surface area contributed by atoms with Gasteiger partial charge in [-0.2, -0.15) is 0 Å². The van der Waals surface area contributed by atoms with Gasteiger partial charge in [-0.15, -0.1) is 0 Å². The van der Waals surface area contributed by atoms with Gasteiger partial charge in [0.1, 0.15) is 0 Å². The smallest absolute Gasteiger partial charge is 0.304 e. The van der Waals surface area contributed by atoms with E-state index in [1.165, 1.54) is 0 Å². The Bertz CT molecular complexity index is 219. The summed E-state index contributed by atoms with van der Waals surface area (Å²) in [4.78, 5) is 13.2. The molecule has 1 atom stereocenters. The Morgan fingerprint density at radius 1 is 1.60 bits per heavy atom. The summed E-state index contributed by atoms with van der Waals surface area (Å²) in [5.74, 6) is -0.723. The van der Waals surface area contributed by atoms with E-state index in [1.54, 1.807) is 0 Å². The summed E-state index contributed by atoms with van der Waals surface area (Å²) < 4.78 is 0. The van der Waals surface area contributed by atoms with E-state index in [9.17, 15) is 4.79 Å². The first-order valence-electron chi connectivity index (χ1n) is 5.76. The molecular weight excluding hydrogens is 192 g/mol. The van der Waals surface area contributed by atoms with Gasteiger partial charge in [-0.3, -0.25) is 4.79 Å². The van der Waals surface area contributed by atoms with E-state index >= 15 is 0 Å². The Hall–Kier alpha value is -0.610. The van der Waals surface area contributed by atoms with Crippen molar-refractivity contribution in [2.24, 2.45) is 11.1 Å². The van der Waals surface area contributed by atoms with Crippen LogP contribution in [-0.4, -0.2) is 42.2 Å². The minimum Gasteiger partial charge on any atom is -0.481 e. The van der Waals surface area contributed by atoms with E-state index in [0.29, 0.717) is 6.54 Å². The number of rotatable bonds is 5. The minimum absolute atomic E-state index is 0.181. The lowest BCUT2D eigenvalue weighted by molar-refractivity contribution is -0.140. The van der Waals surface area contributed by atoms with E-state index in [-0.39, 0.29) is 11.8 Å². The molecule has 1 heterocycles. The summed E-state index contributed by atoms with van der Waals surface area (Å²) in [6.45, 7) is 5.63. The highest BCUT2D eigenvalue weighted by Gasteiger charge is 2.35. The van der Waals surface area contributed by atoms with Crippen molar-refractivity contribution in [3.63, 3.8) is 0 Å². The average molecular weight is 214 g/mol. The first-order valence-corrected chi connectivity index (χ1v) is 5.76. The number of carbonyl (C=O) groups is 1. The van der Waals surface area contributed by atoms with Crippen molar-refractivity contribution < 1.29 is 9.90 Å². The third-order valence-electron chi connectivity index (χ3n) is 3.24. The number of carboxylic acids is 1. The van der Waals surface area contributed by atoms with Gasteiger partial charge in [0.2, 0.25) is 0 Å². The molecule has 0 radical (unpaired) electrons. The van der Waals surface area contributed by atoms with Gasteiger partial charge < -0.3 is 15.7 Å². The van der Waals surface area contributed by atoms with E-state index in [1.807, 2.05) is 0 Å². The number of piperidine rings is 1. The van der Waals surface area contributed by atoms with E-state index in [4.69, 9.17) is 10.8 Å². The summed E-state index contributed by atoms with van der Waals surface area (Å²) in [6.07, 6.45) is 3.36. The van der Waals surface area contributed by atoms with Crippen LogP contribution in [0.4, 0.5) is 0 Å². The monoisotopic (exact) mass is 214 g/mol. The molecular formula is C11H22N2O2. The highest BCUT2D eigenvalue weighted by atomic mass is 16.4. The Balaban J connectivity index is 2.59. The molecule has 4 nitrogen and oxygen atoms in total. The predicted octanol–water partition coefficient (Wildman–Crippen LogP) is 0.912. The highest BCUT2D eigenvalue weighted by molar-refractivity contribution is 5.67. The van der Waals surface area contributed by atoms with Crippen molar-refractivity contribution in [2.75, 3.05) is 26.2 Å². The van der Waals surface area contributed by atoms with Gasteiger partial charge in [0.05, 0.1) is 6.42 Å². The summed E-state index contributed by atoms with van der Waals surface area (Å²) in [6, 6.07) is 0. The van der Waals surface area contributed by atoms with Gasteiger partial charge in [0.25, 0.3) is 0 Å². The number of carboxylic acid groups (broad SMARTS) is 1. The SMILES string of the molecule is CCCN1CCCC(CN)(CC(=O)O)C1. The van der Waals surface area contributed by atoms with Crippen LogP contribution in [0.2, 0.25) is 0 Å². The van der Waals surface area contributed by atoms with Crippen molar-refractivity contribution >= 4 is 5.97 Å². The number of hydrogen-bond donors (Lipinski definition) is 2. The number of aliphatic carboxylic acids is 1. The van der Waals surface area contributed by atoms with Crippen LogP contribution >= 0.6 is 0 Å². The molecule has 0 spiro atoms. The minimum atomic E-state index is -0.723. The normalized spacial score (nSPS) is 27.9. The van der Waals surface area contributed by atoms with Crippen molar-refractivity contribution in [1.29, 1.82) is 0 Å². The average Bonchev–Trinajstić information content (AvgIpc) is 2.18. The Labute approximate surface area is 91.4 Å². The zero-order chi connectivity index (χ0) is 11.3. The molecule has 15 heavy (non-hydrogen) atoms. The van der Waals surface area contributed by atoms with E-state index in [0.717, 1.165) is 38.9 Å². The van der Waals surface area contributed by atoms with Crippen molar-refractivity contribution in [3.8, 4) is 0 Å². The third kappa shape index (κ3) is 3.47. The van der Waals surface area contributed by atoms with Crippen molar-refractivity contribution in [3.05, 3.63) is 0 Å². The molecule has 3 N–H and O–H groups in total. The second-order valence-electron chi connectivity index (χ2n) is 4.65. The molecule has 0 saturated carbocycles. The van der Waals surface area contributed by atoms with Gasteiger partial charge in [-0.1, -0.05) is 6.92 Å². The van der Waals surface area contributed by atoms with Crippen LogP contribution < -0.4 is 5.73 Å². The molecule has 0 aromatic carbocycles. The summed E-state index contributed by atoms with van der Waals surface area (Å²) >= 11 is 0. The Morgan fingerprint density at radius 2 is 2.33 bits per heavy atom. The zero-order valence-electron chi connectivity index (χ0n) is 9.54. The van der Waals surface area contributed by atoms with Crippen LogP contribution in [0.3, 0.4) is 0 Å². The molecule has 1 unspecified atom stereocenters. The molecule has 1 aliphatic rings. The fraction of sp³-hybridized carbons (Fsp3) is 0.909. The first-order chi connectivity index (χ1) is 7.12. The molecule has 1 rings (SSSR count). The summed E-state index contributed by atoms with van der Waals surface area (Å²) in [5, 5.41) is 8.90. The van der Waals surface area contributed by atoms with E-state index < -0.39 is 5.97 Å². The number of likely N-dealkylation sites (tertiary alicyclic amines) is 1. The molecule has 0 amide bonds. The summed E-state index contributed by atoms with van der Waals surface area (Å²) in [5.41, 5.74) is 5.57. The fourth-order valence-corrected chi connectivity index (χ4v) is 2.52. The van der Waals surface area contributed by atoms with Crippen LogP contribution in [0.15, 0.2) is 0 Å². The van der Waals surface area contributed by atoms with Crippen LogP contribution in [0.25, 0.3) is 0 Å². The van der Waals surface area contributed by atoms with Crippen molar-refractivity contribution in [1.82, 2.24) is 4.90 Å². The molecule has 0 bridgehead atoms. The van der Waals surface area contributed by atoms with E-state index in [2.05, 4.69) is 11.8 Å². The van der Waals surface area contributed by atoms with Gasteiger partial charge in [0, 0.05) is 12.0 Å². The quantitative estimate of drug-likeness (QED) is 0.714.